The van der Waals surface area contributed by atoms with Crippen LogP contribution in [0.2, 0.25) is 0 Å². The van der Waals surface area contributed by atoms with Gasteiger partial charge in [-0.25, -0.2) is 4.79 Å². The average molecular weight is 443 g/mol. The first-order valence-electron chi connectivity index (χ1n) is 10.3. The Labute approximate surface area is 187 Å². The fourth-order valence-corrected chi connectivity index (χ4v) is 3.27. The van der Waals surface area contributed by atoms with Crippen molar-refractivity contribution in [2.45, 2.75) is 33.2 Å². The molecule has 1 atom stereocenters. The number of aryl methyl sites for hydroxylation is 1. The minimum atomic E-state index is -0.917. The van der Waals surface area contributed by atoms with Crippen LogP contribution in [0.4, 0.5) is 21.9 Å². The lowest BCUT2D eigenvalue weighted by molar-refractivity contribution is -0.137. The van der Waals surface area contributed by atoms with Crippen LogP contribution in [0.15, 0.2) is 42.5 Å². The summed E-state index contributed by atoms with van der Waals surface area (Å²) in [5.41, 5.74) is 2.82. The summed E-state index contributed by atoms with van der Waals surface area (Å²) in [7, 11) is 1.49. The maximum Gasteiger partial charge on any atom is 0.323 e. The van der Waals surface area contributed by atoms with E-state index in [0.717, 1.165) is 5.56 Å². The molecular weight excluding hydrogens is 412 g/mol. The molecular formula is C23H30N4O5. The molecule has 0 heterocycles. The molecule has 9 heteroatoms. The highest BCUT2D eigenvalue weighted by molar-refractivity contribution is 6.01. The van der Waals surface area contributed by atoms with Gasteiger partial charge >= 0.3 is 12.0 Å². The van der Waals surface area contributed by atoms with E-state index in [1.54, 1.807) is 25.1 Å². The Morgan fingerprint density at radius 3 is 2.41 bits per heavy atom. The molecule has 1 unspecified atom stereocenters. The number of nitrogens with zero attached hydrogens (tertiary/aromatic N) is 1. The maximum absolute atomic E-state index is 12.5. The number of rotatable bonds is 10. The molecule has 0 bridgehead atoms. The molecule has 32 heavy (non-hydrogen) atoms. The standard InChI is InChI=1S/C23H30N4O5/c1-15-7-5-6-8-19(15)25-23(31)26-20-10-9-18(14-21(20)32-4)27(12-11-24-17(3)28)16(2)13-22(29)30/h5-10,14,16H,11-13H2,1-4H3,(H,24,28)(H,29,30)(H2,25,26,31). The maximum atomic E-state index is 12.5. The van der Waals surface area contributed by atoms with Gasteiger partial charge in [0.2, 0.25) is 5.91 Å². The van der Waals surface area contributed by atoms with Crippen molar-refractivity contribution in [3.05, 3.63) is 48.0 Å². The molecule has 0 aliphatic carbocycles. The third kappa shape index (κ3) is 7.19. The number of nitrogens with one attached hydrogen (secondary N) is 3. The molecule has 0 aliphatic heterocycles. The number of para-hydroxylation sites is 1. The van der Waals surface area contributed by atoms with E-state index >= 15 is 0 Å². The van der Waals surface area contributed by atoms with E-state index in [4.69, 9.17) is 4.74 Å². The molecule has 0 saturated heterocycles. The van der Waals surface area contributed by atoms with Crippen molar-refractivity contribution in [2.75, 3.05) is 35.7 Å². The number of carbonyl (C=O) groups excluding carboxylic acids is 2. The third-order valence-corrected chi connectivity index (χ3v) is 4.89. The van der Waals surface area contributed by atoms with Gasteiger partial charge in [0.15, 0.2) is 0 Å². The molecule has 0 fully saturated rings. The van der Waals surface area contributed by atoms with Crippen molar-refractivity contribution in [1.82, 2.24) is 5.32 Å². The van der Waals surface area contributed by atoms with Crippen LogP contribution in [0.25, 0.3) is 0 Å². The van der Waals surface area contributed by atoms with E-state index in [1.165, 1.54) is 14.0 Å². The molecule has 2 aromatic carbocycles. The average Bonchev–Trinajstić information content (AvgIpc) is 2.72. The van der Waals surface area contributed by atoms with Gasteiger partial charge in [-0.05, 0) is 37.6 Å². The smallest absolute Gasteiger partial charge is 0.323 e. The molecule has 0 radical (unpaired) electrons. The van der Waals surface area contributed by atoms with Crippen LogP contribution in [0.1, 0.15) is 25.8 Å². The summed E-state index contributed by atoms with van der Waals surface area (Å²) >= 11 is 0. The van der Waals surface area contributed by atoms with E-state index < -0.39 is 12.0 Å². The Morgan fingerprint density at radius 2 is 1.78 bits per heavy atom. The van der Waals surface area contributed by atoms with E-state index in [1.807, 2.05) is 36.1 Å². The largest absolute Gasteiger partial charge is 0.494 e. The summed E-state index contributed by atoms with van der Waals surface area (Å²) < 4.78 is 5.46. The number of carbonyl (C=O) groups is 3. The van der Waals surface area contributed by atoms with Gasteiger partial charge in [0.05, 0.1) is 19.2 Å². The minimum absolute atomic E-state index is 0.0682. The van der Waals surface area contributed by atoms with Gasteiger partial charge in [0.1, 0.15) is 5.75 Å². The van der Waals surface area contributed by atoms with Gasteiger partial charge in [-0.15, -0.1) is 0 Å². The zero-order valence-corrected chi connectivity index (χ0v) is 18.8. The number of methoxy groups -OCH3 is 1. The van der Waals surface area contributed by atoms with Crippen molar-refractivity contribution in [2.24, 2.45) is 0 Å². The molecule has 2 rings (SSSR count). The van der Waals surface area contributed by atoms with Gasteiger partial charge in [-0.2, -0.15) is 0 Å². The van der Waals surface area contributed by atoms with Crippen LogP contribution < -0.4 is 25.6 Å². The predicted molar refractivity (Wildman–Crippen MR) is 125 cm³/mol. The number of carboxylic acids is 1. The van der Waals surface area contributed by atoms with Crippen LogP contribution in [0.5, 0.6) is 5.75 Å². The quantitative estimate of drug-likeness (QED) is 0.447. The number of hydrogen-bond acceptors (Lipinski definition) is 5. The second kappa shape index (κ2) is 11.6. The SMILES string of the molecule is COc1cc(N(CCNC(C)=O)C(C)CC(=O)O)ccc1NC(=O)Nc1ccccc1C. The van der Waals surface area contributed by atoms with Gasteiger partial charge in [0, 0.05) is 43.5 Å². The van der Waals surface area contributed by atoms with Crippen LogP contribution in [0, 0.1) is 6.92 Å². The number of carboxylic acid groups (broad SMARTS) is 1. The molecule has 0 aliphatic rings. The Balaban J connectivity index is 2.20. The number of amides is 3. The highest BCUT2D eigenvalue weighted by Crippen LogP contribution is 2.31. The lowest BCUT2D eigenvalue weighted by Gasteiger charge is -2.31. The van der Waals surface area contributed by atoms with E-state index in [-0.39, 0.29) is 18.4 Å². The Kier molecular flexibility index (Phi) is 8.88. The first-order valence-corrected chi connectivity index (χ1v) is 10.3. The second-order valence-electron chi connectivity index (χ2n) is 7.40. The molecule has 3 amide bonds. The van der Waals surface area contributed by atoms with Crippen LogP contribution in [0.3, 0.4) is 0 Å². The summed E-state index contributed by atoms with van der Waals surface area (Å²) in [6, 6.07) is 11.9. The molecule has 4 N–H and O–H groups in total. The highest BCUT2D eigenvalue weighted by atomic mass is 16.5. The first kappa shape index (κ1) is 24.5. The van der Waals surface area contributed by atoms with Crippen molar-refractivity contribution in [3.63, 3.8) is 0 Å². The Bertz CT molecular complexity index is 963. The number of hydrogen-bond donors (Lipinski definition) is 4. The summed E-state index contributed by atoms with van der Waals surface area (Å²) in [5, 5.41) is 17.5. The molecule has 0 spiro atoms. The number of aliphatic carboxylic acids is 1. The summed E-state index contributed by atoms with van der Waals surface area (Å²) in [5.74, 6) is -0.651. The monoisotopic (exact) mass is 442 g/mol. The normalized spacial score (nSPS) is 11.2. The zero-order valence-electron chi connectivity index (χ0n) is 18.8. The Hall–Kier alpha value is -3.75. The van der Waals surface area contributed by atoms with Crippen molar-refractivity contribution >= 4 is 35.0 Å². The van der Waals surface area contributed by atoms with Gasteiger partial charge in [-0.1, -0.05) is 18.2 Å². The summed E-state index contributed by atoms with van der Waals surface area (Å²) in [6.07, 6.45) is -0.0682. The molecule has 9 nitrogen and oxygen atoms in total. The van der Waals surface area contributed by atoms with Crippen LogP contribution in [-0.4, -0.2) is 49.3 Å². The van der Waals surface area contributed by atoms with E-state index in [0.29, 0.717) is 35.9 Å². The summed E-state index contributed by atoms with van der Waals surface area (Å²) in [6.45, 7) is 5.91. The van der Waals surface area contributed by atoms with Gasteiger partial charge in [0.25, 0.3) is 0 Å². The molecule has 0 saturated carbocycles. The van der Waals surface area contributed by atoms with E-state index in [2.05, 4.69) is 16.0 Å². The van der Waals surface area contributed by atoms with Crippen molar-refractivity contribution < 1.29 is 24.2 Å². The first-order chi connectivity index (χ1) is 15.2. The number of benzene rings is 2. The van der Waals surface area contributed by atoms with Gasteiger partial charge in [-0.3, -0.25) is 9.59 Å². The second-order valence-corrected chi connectivity index (χ2v) is 7.40. The van der Waals surface area contributed by atoms with Crippen LogP contribution >= 0.6 is 0 Å². The van der Waals surface area contributed by atoms with Crippen LogP contribution in [-0.2, 0) is 9.59 Å². The lowest BCUT2D eigenvalue weighted by atomic mass is 10.1. The molecule has 172 valence electrons. The highest BCUT2D eigenvalue weighted by Gasteiger charge is 2.19. The third-order valence-electron chi connectivity index (χ3n) is 4.89. The van der Waals surface area contributed by atoms with Crippen molar-refractivity contribution in [1.29, 1.82) is 0 Å². The lowest BCUT2D eigenvalue weighted by Crippen LogP contribution is -2.40. The van der Waals surface area contributed by atoms with Gasteiger partial charge < -0.3 is 30.7 Å². The number of anilines is 3. The fraction of sp³-hybridized carbons (Fsp3) is 0.348. The predicted octanol–water partition coefficient (Wildman–Crippen LogP) is 3.45. The number of urea groups is 1. The number of ether oxygens (including phenoxy) is 1. The topological polar surface area (TPSA) is 120 Å². The molecule has 0 aromatic heterocycles. The Morgan fingerprint density at radius 1 is 1.09 bits per heavy atom. The van der Waals surface area contributed by atoms with E-state index in [9.17, 15) is 19.5 Å². The fourth-order valence-electron chi connectivity index (χ4n) is 3.27. The van der Waals surface area contributed by atoms with Crippen molar-refractivity contribution in [3.8, 4) is 5.75 Å². The minimum Gasteiger partial charge on any atom is -0.494 e. The summed E-state index contributed by atoms with van der Waals surface area (Å²) in [4.78, 5) is 36.8. The molecule has 2 aromatic rings. The zero-order chi connectivity index (χ0) is 23.7.